The first-order valence-electron chi connectivity index (χ1n) is 4.62. The molecule has 0 bridgehead atoms. The molecule has 1 aromatic rings. The SMILES string of the molecule is CC=CC(=CC)N=Nc1ccccc1. The summed E-state index contributed by atoms with van der Waals surface area (Å²) in [5.41, 5.74) is 1.74. The molecule has 0 saturated carbocycles. The summed E-state index contributed by atoms with van der Waals surface area (Å²) in [5.74, 6) is 0. The smallest absolute Gasteiger partial charge is 0.0857 e. The lowest BCUT2D eigenvalue weighted by molar-refractivity contribution is 1.16. The van der Waals surface area contributed by atoms with Crippen LogP contribution in [0.25, 0.3) is 0 Å². The van der Waals surface area contributed by atoms with Gasteiger partial charge in [-0.25, -0.2) is 0 Å². The molecule has 0 unspecified atom stereocenters. The molecule has 1 aromatic carbocycles. The molecular weight excluding hydrogens is 172 g/mol. The van der Waals surface area contributed by atoms with Crippen LogP contribution in [0.15, 0.2) is 64.5 Å². The molecule has 0 spiro atoms. The number of allylic oxidation sites excluding steroid dienone is 3. The number of rotatable bonds is 3. The van der Waals surface area contributed by atoms with Gasteiger partial charge in [-0.15, -0.1) is 0 Å². The molecule has 14 heavy (non-hydrogen) atoms. The number of azo groups is 1. The van der Waals surface area contributed by atoms with Crippen LogP contribution in [0.2, 0.25) is 0 Å². The van der Waals surface area contributed by atoms with Crippen molar-refractivity contribution in [3.8, 4) is 0 Å². The Balaban J connectivity index is 2.73. The molecule has 0 N–H and O–H groups in total. The first-order valence-corrected chi connectivity index (χ1v) is 4.62. The first kappa shape index (κ1) is 10.4. The molecule has 0 aromatic heterocycles. The summed E-state index contributed by atoms with van der Waals surface area (Å²) < 4.78 is 0. The van der Waals surface area contributed by atoms with E-state index in [9.17, 15) is 0 Å². The van der Waals surface area contributed by atoms with Gasteiger partial charge in [0.05, 0.1) is 11.4 Å². The van der Waals surface area contributed by atoms with Crippen molar-refractivity contribution in [1.82, 2.24) is 0 Å². The van der Waals surface area contributed by atoms with Crippen LogP contribution in [0.5, 0.6) is 0 Å². The third-order valence-electron chi connectivity index (χ3n) is 1.67. The van der Waals surface area contributed by atoms with Crippen molar-refractivity contribution in [2.75, 3.05) is 0 Å². The Morgan fingerprint density at radius 2 is 1.86 bits per heavy atom. The molecule has 0 amide bonds. The van der Waals surface area contributed by atoms with Crippen molar-refractivity contribution in [1.29, 1.82) is 0 Å². The summed E-state index contributed by atoms with van der Waals surface area (Å²) in [5, 5.41) is 8.20. The fourth-order valence-corrected chi connectivity index (χ4v) is 0.968. The number of benzene rings is 1. The van der Waals surface area contributed by atoms with E-state index in [1.54, 1.807) is 0 Å². The average Bonchev–Trinajstić information content (AvgIpc) is 2.25. The van der Waals surface area contributed by atoms with Gasteiger partial charge in [-0.05, 0) is 32.1 Å². The van der Waals surface area contributed by atoms with Crippen molar-refractivity contribution in [2.24, 2.45) is 10.2 Å². The largest absolute Gasteiger partial charge is 0.151 e. The Labute approximate surface area is 84.7 Å². The average molecular weight is 186 g/mol. The lowest BCUT2D eigenvalue weighted by Crippen LogP contribution is -1.68. The molecule has 0 heterocycles. The number of hydrogen-bond acceptors (Lipinski definition) is 2. The summed E-state index contributed by atoms with van der Waals surface area (Å²) >= 11 is 0. The summed E-state index contributed by atoms with van der Waals surface area (Å²) in [4.78, 5) is 0. The second kappa shape index (κ2) is 5.86. The molecule has 72 valence electrons. The fourth-order valence-electron chi connectivity index (χ4n) is 0.968. The van der Waals surface area contributed by atoms with Crippen LogP contribution in [0.3, 0.4) is 0 Å². The van der Waals surface area contributed by atoms with Gasteiger partial charge in [0, 0.05) is 0 Å². The Kier molecular flexibility index (Phi) is 4.35. The standard InChI is InChI=1S/C12H14N2/c1-3-8-11(4-2)13-14-12-9-6-5-7-10-12/h3-10H,1-2H3. The van der Waals surface area contributed by atoms with Crippen molar-refractivity contribution >= 4 is 5.69 Å². The highest BCUT2D eigenvalue weighted by atomic mass is 15.1. The van der Waals surface area contributed by atoms with E-state index in [0.29, 0.717) is 0 Å². The molecule has 0 aliphatic heterocycles. The maximum absolute atomic E-state index is 4.10. The second-order valence-electron chi connectivity index (χ2n) is 2.75. The molecular formula is C12H14N2. The second-order valence-corrected chi connectivity index (χ2v) is 2.75. The van der Waals surface area contributed by atoms with E-state index >= 15 is 0 Å². The molecule has 0 fully saturated rings. The Morgan fingerprint density at radius 1 is 1.14 bits per heavy atom. The molecule has 0 radical (unpaired) electrons. The van der Waals surface area contributed by atoms with E-state index in [0.717, 1.165) is 11.4 Å². The molecule has 2 nitrogen and oxygen atoms in total. The zero-order chi connectivity index (χ0) is 10.2. The number of hydrogen-bond donors (Lipinski definition) is 0. The summed E-state index contributed by atoms with van der Waals surface area (Å²) in [6.45, 7) is 3.90. The monoisotopic (exact) mass is 186 g/mol. The van der Waals surface area contributed by atoms with Gasteiger partial charge >= 0.3 is 0 Å². The van der Waals surface area contributed by atoms with Crippen molar-refractivity contribution < 1.29 is 0 Å². The van der Waals surface area contributed by atoms with Gasteiger partial charge in [-0.2, -0.15) is 10.2 Å². The van der Waals surface area contributed by atoms with Crippen LogP contribution in [0.1, 0.15) is 13.8 Å². The van der Waals surface area contributed by atoms with E-state index in [1.165, 1.54) is 0 Å². The molecule has 1 rings (SSSR count). The van der Waals surface area contributed by atoms with E-state index in [1.807, 2.05) is 62.4 Å². The predicted octanol–water partition coefficient (Wildman–Crippen LogP) is 4.25. The Bertz CT molecular complexity index is 348. The van der Waals surface area contributed by atoms with Crippen molar-refractivity contribution in [2.45, 2.75) is 13.8 Å². The van der Waals surface area contributed by atoms with Gasteiger partial charge in [0.2, 0.25) is 0 Å². The molecule has 2 heteroatoms. The van der Waals surface area contributed by atoms with E-state index in [-0.39, 0.29) is 0 Å². The third kappa shape index (κ3) is 3.35. The quantitative estimate of drug-likeness (QED) is 0.498. The lowest BCUT2D eigenvalue weighted by Gasteiger charge is -1.91. The summed E-state index contributed by atoms with van der Waals surface area (Å²) in [6, 6.07) is 9.69. The van der Waals surface area contributed by atoms with Crippen LogP contribution >= 0.6 is 0 Å². The topological polar surface area (TPSA) is 24.7 Å². The van der Waals surface area contributed by atoms with Gasteiger partial charge < -0.3 is 0 Å². The van der Waals surface area contributed by atoms with Crippen LogP contribution in [-0.4, -0.2) is 0 Å². The van der Waals surface area contributed by atoms with Gasteiger partial charge in [0.25, 0.3) is 0 Å². The minimum atomic E-state index is 0.872. The van der Waals surface area contributed by atoms with Gasteiger partial charge in [-0.3, -0.25) is 0 Å². The highest BCUT2D eigenvalue weighted by Crippen LogP contribution is 2.12. The van der Waals surface area contributed by atoms with Crippen LogP contribution in [-0.2, 0) is 0 Å². The fraction of sp³-hybridized carbons (Fsp3) is 0.167. The first-order chi connectivity index (χ1) is 6.86. The zero-order valence-electron chi connectivity index (χ0n) is 8.51. The van der Waals surface area contributed by atoms with Gasteiger partial charge in [-0.1, -0.05) is 30.4 Å². The van der Waals surface area contributed by atoms with Crippen LogP contribution in [0.4, 0.5) is 5.69 Å². The zero-order valence-corrected chi connectivity index (χ0v) is 8.51. The number of nitrogens with zero attached hydrogens (tertiary/aromatic N) is 2. The van der Waals surface area contributed by atoms with Gasteiger partial charge in [0.1, 0.15) is 0 Å². The van der Waals surface area contributed by atoms with Gasteiger partial charge in [0.15, 0.2) is 0 Å². The summed E-state index contributed by atoms with van der Waals surface area (Å²) in [6.07, 6.45) is 5.79. The summed E-state index contributed by atoms with van der Waals surface area (Å²) in [7, 11) is 0. The van der Waals surface area contributed by atoms with E-state index < -0.39 is 0 Å². The highest BCUT2D eigenvalue weighted by Gasteiger charge is 1.86. The van der Waals surface area contributed by atoms with E-state index in [4.69, 9.17) is 0 Å². The maximum atomic E-state index is 4.10. The molecule has 0 atom stereocenters. The van der Waals surface area contributed by atoms with Crippen LogP contribution in [0, 0.1) is 0 Å². The van der Waals surface area contributed by atoms with Crippen molar-refractivity contribution in [3.05, 3.63) is 54.3 Å². The highest BCUT2D eigenvalue weighted by molar-refractivity contribution is 5.35. The lowest BCUT2D eigenvalue weighted by atomic mass is 10.3. The Morgan fingerprint density at radius 3 is 2.43 bits per heavy atom. The third-order valence-corrected chi connectivity index (χ3v) is 1.67. The van der Waals surface area contributed by atoms with Crippen molar-refractivity contribution in [3.63, 3.8) is 0 Å². The normalized spacial score (nSPS) is 12.9. The maximum Gasteiger partial charge on any atom is 0.0857 e. The minimum Gasteiger partial charge on any atom is -0.151 e. The molecule has 0 saturated heterocycles. The Hall–Kier alpha value is -1.70. The molecule has 0 aliphatic rings. The molecule has 0 aliphatic carbocycles. The van der Waals surface area contributed by atoms with Crippen LogP contribution < -0.4 is 0 Å². The minimum absolute atomic E-state index is 0.872. The van der Waals surface area contributed by atoms with E-state index in [2.05, 4.69) is 10.2 Å². The predicted molar refractivity (Wildman–Crippen MR) is 59.5 cm³/mol.